The van der Waals surface area contributed by atoms with E-state index < -0.39 is 0 Å². The summed E-state index contributed by atoms with van der Waals surface area (Å²) in [5.74, 6) is -0.225. The van der Waals surface area contributed by atoms with Gasteiger partial charge in [0.2, 0.25) is 5.91 Å². The summed E-state index contributed by atoms with van der Waals surface area (Å²) in [5.41, 5.74) is 6.18. The van der Waals surface area contributed by atoms with E-state index >= 15 is 0 Å². The van der Waals surface area contributed by atoms with Crippen LogP contribution in [0, 0.1) is 6.92 Å². The molecule has 2 heterocycles. The standard InChI is InChI=1S/C14H15N3O2/c1-9-2-4-12-10(8-9)6-7-17(12)14(19)11-3-5-13(18)16-15-11/h2,4,8H,3,5-7H2,1H3,(H,16,18). The van der Waals surface area contributed by atoms with Gasteiger partial charge in [-0.05, 0) is 25.0 Å². The van der Waals surface area contributed by atoms with Crippen LogP contribution in [0.1, 0.15) is 24.0 Å². The van der Waals surface area contributed by atoms with E-state index in [-0.39, 0.29) is 11.8 Å². The molecule has 0 spiro atoms. The first-order chi connectivity index (χ1) is 9.15. The van der Waals surface area contributed by atoms with Crippen molar-refractivity contribution < 1.29 is 9.59 Å². The third kappa shape index (κ3) is 2.12. The number of amides is 2. The van der Waals surface area contributed by atoms with Crippen molar-refractivity contribution in [3.63, 3.8) is 0 Å². The van der Waals surface area contributed by atoms with Crippen LogP contribution in [0.2, 0.25) is 0 Å². The topological polar surface area (TPSA) is 61.8 Å². The Hall–Kier alpha value is -2.17. The highest BCUT2D eigenvalue weighted by Gasteiger charge is 2.29. The van der Waals surface area contributed by atoms with Gasteiger partial charge in [-0.15, -0.1) is 0 Å². The molecule has 0 fully saturated rings. The number of rotatable bonds is 1. The second-order valence-corrected chi connectivity index (χ2v) is 4.93. The molecule has 1 N–H and O–H groups in total. The molecule has 0 atom stereocenters. The number of aryl methyl sites for hydroxylation is 1. The number of carbonyl (C=O) groups excluding carboxylic acids is 2. The molecule has 0 radical (unpaired) electrons. The highest BCUT2D eigenvalue weighted by Crippen LogP contribution is 2.29. The fraction of sp³-hybridized carbons (Fsp3) is 0.357. The number of nitrogens with zero attached hydrogens (tertiary/aromatic N) is 2. The Bertz CT molecular complexity index is 592. The average molecular weight is 257 g/mol. The number of hydrogen-bond acceptors (Lipinski definition) is 3. The van der Waals surface area contributed by atoms with Crippen molar-refractivity contribution in [3.8, 4) is 0 Å². The smallest absolute Gasteiger partial charge is 0.274 e. The first-order valence-corrected chi connectivity index (χ1v) is 6.42. The van der Waals surface area contributed by atoms with Crippen LogP contribution in [0.3, 0.4) is 0 Å². The van der Waals surface area contributed by atoms with Crippen LogP contribution in [0.4, 0.5) is 5.69 Å². The number of hydrazone groups is 1. The molecule has 0 aromatic heterocycles. The summed E-state index contributed by atoms with van der Waals surface area (Å²) < 4.78 is 0. The summed E-state index contributed by atoms with van der Waals surface area (Å²) in [7, 11) is 0. The summed E-state index contributed by atoms with van der Waals surface area (Å²) in [6.45, 7) is 2.73. The average Bonchev–Trinajstić information content (AvgIpc) is 2.81. The Morgan fingerprint density at radius 3 is 2.89 bits per heavy atom. The van der Waals surface area contributed by atoms with E-state index in [0.29, 0.717) is 25.1 Å². The third-order valence-corrected chi connectivity index (χ3v) is 3.53. The van der Waals surface area contributed by atoms with E-state index in [2.05, 4.69) is 16.6 Å². The van der Waals surface area contributed by atoms with E-state index in [4.69, 9.17) is 0 Å². The SMILES string of the molecule is Cc1ccc2c(c1)CCN2C(=O)C1=NNC(=O)CC1. The number of nitrogens with one attached hydrogen (secondary N) is 1. The lowest BCUT2D eigenvalue weighted by Crippen LogP contribution is -2.39. The summed E-state index contributed by atoms with van der Waals surface area (Å²) >= 11 is 0. The molecule has 5 nitrogen and oxygen atoms in total. The van der Waals surface area contributed by atoms with E-state index in [9.17, 15) is 9.59 Å². The monoisotopic (exact) mass is 257 g/mol. The minimum atomic E-state index is -0.131. The summed E-state index contributed by atoms with van der Waals surface area (Å²) in [6, 6.07) is 6.11. The Morgan fingerprint density at radius 1 is 1.32 bits per heavy atom. The zero-order valence-corrected chi connectivity index (χ0v) is 10.8. The predicted molar refractivity (Wildman–Crippen MR) is 72.0 cm³/mol. The third-order valence-electron chi connectivity index (χ3n) is 3.53. The van der Waals surface area contributed by atoms with Gasteiger partial charge in [-0.25, -0.2) is 5.43 Å². The molecule has 0 aliphatic carbocycles. The zero-order valence-electron chi connectivity index (χ0n) is 10.8. The maximum absolute atomic E-state index is 12.4. The van der Waals surface area contributed by atoms with E-state index in [1.165, 1.54) is 11.1 Å². The van der Waals surface area contributed by atoms with Crippen LogP contribution in [0.5, 0.6) is 0 Å². The Kier molecular flexibility index (Phi) is 2.81. The molecule has 5 heteroatoms. The van der Waals surface area contributed by atoms with Gasteiger partial charge in [0.25, 0.3) is 5.91 Å². The van der Waals surface area contributed by atoms with Gasteiger partial charge < -0.3 is 4.90 Å². The maximum atomic E-state index is 12.4. The van der Waals surface area contributed by atoms with Crippen molar-refractivity contribution in [3.05, 3.63) is 29.3 Å². The normalized spacial score (nSPS) is 17.8. The fourth-order valence-corrected chi connectivity index (χ4v) is 2.53. The molecular formula is C14H15N3O2. The van der Waals surface area contributed by atoms with Crippen LogP contribution < -0.4 is 10.3 Å². The summed E-state index contributed by atoms with van der Waals surface area (Å²) in [5, 5.41) is 3.87. The van der Waals surface area contributed by atoms with Crippen LogP contribution in [0.15, 0.2) is 23.3 Å². The van der Waals surface area contributed by atoms with Crippen LogP contribution in [0.25, 0.3) is 0 Å². The summed E-state index contributed by atoms with van der Waals surface area (Å²) in [6.07, 6.45) is 1.63. The lowest BCUT2D eigenvalue weighted by molar-refractivity contribution is -0.121. The molecule has 2 aliphatic heterocycles. The van der Waals surface area contributed by atoms with Crippen molar-refractivity contribution in [2.75, 3.05) is 11.4 Å². The van der Waals surface area contributed by atoms with Gasteiger partial charge in [0.15, 0.2) is 0 Å². The van der Waals surface area contributed by atoms with E-state index in [1.807, 2.05) is 19.1 Å². The van der Waals surface area contributed by atoms with Crippen molar-refractivity contribution in [1.82, 2.24) is 5.43 Å². The fourth-order valence-electron chi connectivity index (χ4n) is 2.53. The van der Waals surface area contributed by atoms with Crippen LogP contribution in [-0.2, 0) is 16.0 Å². The second kappa shape index (κ2) is 4.50. The Morgan fingerprint density at radius 2 is 2.16 bits per heavy atom. The molecule has 98 valence electrons. The van der Waals surface area contributed by atoms with Gasteiger partial charge in [0.05, 0.1) is 0 Å². The van der Waals surface area contributed by atoms with Crippen LogP contribution >= 0.6 is 0 Å². The van der Waals surface area contributed by atoms with Gasteiger partial charge >= 0.3 is 0 Å². The molecule has 3 rings (SSSR count). The summed E-state index contributed by atoms with van der Waals surface area (Å²) in [4.78, 5) is 25.2. The van der Waals surface area contributed by atoms with Crippen molar-refractivity contribution in [1.29, 1.82) is 0 Å². The van der Waals surface area contributed by atoms with Crippen molar-refractivity contribution >= 4 is 23.2 Å². The minimum Gasteiger partial charge on any atom is -0.307 e. The highest BCUT2D eigenvalue weighted by molar-refractivity contribution is 6.44. The minimum absolute atomic E-state index is 0.0948. The van der Waals surface area contributed by atoms with Crippen molar-refractivity contribution in [2.24, 2.45) is 5.10 Å². The molecule has 1 aromatic rings. The first-order valence-electron chi connectivity index (χ1n) is 6.42. The quantitative estimate of drug-likeness (QED) is 0.820. The molecule has 2 aliphatic rings. The molecule has 19 heavy (non-hydrogen) atoms. The molecule has 0 saturated heterocycles. The lowest BCUT2D eigenvalue weighted by Gasteiger charge is -2.20. The number of fused-ring (bicyclic) bond motifs is 1. The molecule has 0 bridgehead atoms. The molecular weight excluding hydrogens is 242 g/mol. The Balaban J connectivity index is 1.86. The second-order valence-electron chi connectivity index (χ2n) is 4.93. The van der Waals surface area contributed by atoms with E-state index in [1.54, 1.807) is 4.90 Å². The van der Waals surface area contributed by atoms with Crippen LogP contribution in [-0.4, -0.2) is 24.1 Å². The predicted octanol–water partition coefficient (Wildman–Crippen LogP) is 1.15. The number of hydrogen-bond donors (Lipinski definition) is 1. The van der Waals surface area contributed by atoms with Gasteiger partial charge in [0, 0.05) is 25.1 Å². The number of carbonyl (C=O) groups is 2. The van der Waals surface area contributed by atoms with Gasteiger partial charge in [-0.3, -0.25) is 9.59 Å². The maximum Gasteiger partial charge on any atom is 0.274 e. The van der Waals surface area contributed by atoms with Crippen molar-refractivity contribution in [2.45, 2.75) is 26.2 Å². The lowest BCUT2D eigenvalue weighted by atomic mass is 10.1. The van der Waals surface area contributed by atoms with Gasteiger partial charge in [-0.1, -0.05) is 17.7 Å². The first kappa shape index (κ1) is 11.9. The number of anilines is 1. The molecule has 2 amide bonds. The molecule has 0 saturated carbocycles. The molecule has 1 aromatic carbocycles. The van der Waals surface area contributed by atoms with E-state index in [0.717, 1.165) is 12.1 Å². The highest BCUT2D eigenvalue weighted by atomic mass is 16.2. The largest absolute Gasteiger partial charge is 0.307 e. The Labute approximate surface area is 111 Å². The number of benzene rings is 1. The molecule has 0 unspecified atom stereocenters. The zero-order chi connectivity index (χ0) is 13.4. The van der Waals surface area contributed by atoms with Gasteiger partial charge in [-0.2, -0.15) is 5.10 Å². The van der Waals surface area contributed by atoms with Gasteiger partial charge in [0.1, 0.15) is 5.71 Å².